The van der Waals surface area contributed by atoms with Crippen molar-refractivity contribution in [2.24, 2.45) is 0 Å². The third-order valence-electron chi connectivity index (χ3n) is 2.99. The van der Waals surface area contributed by atoms with Crippen molar-refractivity contribution < 1.29 is 13.2 Å². The standard InChI is InChI=1S/C15H20F3/c1-2-3-4-5-6-7-9-13-10-8-11-14(12-13)15(16,17)18/h8,10,12H,2-7,9H2,1H3. The maximum Gasteiger partial charge on any atom is 0.417 e. The van der Waals surface area contributed by atoms with Gasteiger partial charge in [-0.05, 0) is 30.5 Å². The summed E-state index contributed by atoms with van der Waals surface area (Å²) in [5.41, 5.74) is 0.0996. The molecule has 0 unspecified atom stereocenters. The van der Waals surface area contributed by atoms with Crippen molar-refractivity contribution in [2.45, 2.75) is 58.0 Å². The van der Waals surface area contributed by atoms with E-state index in [0.29, 0.717) is 0 Å². The minimum absolute atomic E-state index is 0.661. The Balaban J connectivity index is 2.34. The van der Waals surface area contributed by atoms with Crippen molar-refractivity contribution in [2.75, 3.05) is 0 Å². The van der Waals surface area contributed by atoms with Gasteiger partial charge in [0, 0.05) is 0 Å². The molecule has 0 fully saturated rings. The van der Waals surface area contributed by atoms with Crippen LogP contribution < -0.4 is 0 Å². The lowest BCUT2D eigenvalue weighted by atomic mass is 10.0. The third-order valence-corrected chi connectivity index (χ3v) is 2.99. The number of alkyl halides is 3. The fourth-order valence-electron chi connectivity index (χ4n) is 1.94. The van der Waals surface area contributed by atoms with Crippen molar-refractivity contribution in [1.82, 2.24) is 0 Å². The number of unbranched alkanes of at least 4 members (excludes halogenated alkanes) is 5. The summed E-state index contributed by atoms with van der Waals surface area (Å²) in [6.07, 6.45) is 3.37. The number of hydrogen-bond donors (Lipinski definition) is 0. The van der Waals surface area contributed by atoms with Crippen LogP contribution in [0.1, 0.15) is 56.6 Å². The highest BCUT2D eigenvalue weighted by Gasteiger charge is 2.30. The zero-order valence-corrected chi connectivity index (χ0v) is 10.8. The summed E-state index contributed by atoms with van der Waals surface area (Å²) in [5, 5.41) is 0. The smallest absolute Gasteiger partial charge is 0.166 e. The topological polar surface area (TPSA) is 0 Å². The van der Waals surface area contributed by atoms with Crippen LogP contribution in [0.2, 0.25) is 0 Å². The molecule has 101 valence electrons. The molecule has 0 N–H and O–H groups in total. The fourth-order valence-corrected chi connectivity index (χ4v) is 1.94. The molecule has 0 aliphatic rings. The molecule has 0 heterocycles. The monoisotopic (exact) mass is 257 g/mol. The molecule has 1 rings (SSSR count). The molecule has 1 radical (unpaired) electrons. The van der Waals surface area contributed by atoms with E-state index in [4.69, 9.17) is 0 Å². The normalized spacial score (nSPS) is 11.8. The summed E-state index contributed by atoms with van der Waals surface area (Å²) in [5.74, 6) is 0. The Kier molecular flexibility index (Phi) is 6.23. The first-order valence-corrected chi connectivity index (χ1v) is 6.62. The van der Waals surface area contributed by atoms with Crippen LogP contribution in [-0.2, 0) is 12.6 Å². The molecule has 0 aromatic heterocycles. The first-order chi connectivity index (χ1) is 8.54. The van der Waals surface area contributed by atoms with Crippen molar-refractivity contribution >= 4 is 0 Å². The highest BCUT2D eigenvalue weighted by atomic mass is 19.4. The van der Waals surface area contributed by atoms with Crippen LogP contribution in [0, 0.1) is 6.07 Å². The highest BCUT2D eigenvalue weighted by Crippen LogP contribution is 2.29. The van der Waals surface area contributed by atoms with Crippen LogP contribution in [0.25, 0.3) is 0 Å². The van der Waals surface area contributed by atoms with Gasteiger partial charge in [-0.3, -0.25) is 0 Å². The first kappa shape index (κ1) is 15.1. The molecular weight excluding hydrogens is 237 g/mol. The molecule has 0 aliphatic carbocycles. The van der Waals surface area contributed by atoms with Crippen LogP contribution in [0.15, 0.2) is 18.2 Å². The average Bonchev–Trinajstić information content (AvgIpc) is 2.33. The van der Waals surface area contributed by atoms with Gasteiger partial charge in [-0.15, -0.1) is 0 Å². The van der Waals surface area contributed by atoms with E-state index in [1.54, 1.807) is 6.07 Å². The maximum atomic E-state index is 12.5. The van der Waals surface area contributed by atoms with E-state index in [9.17, 15) is 13.2 Å². The van der Waals surface area contributed by atoms with Crippen LogP contribution in [0.5, 0.6) is 0 Å². The number of rotatable bonds is 7. The molecular formula is C15H20F3. The second-order valence-electron chi connectivity index (χ2n) is 4.63. The van der Waals surface area contributed by atoms with Gasteiger partial charge in [-0.1, -0.05) is 51.2 Å². The van der Waals surface area contributed by atoms with Crippen LogP contribution in [0.4, 0.5) is 13.2 Å². The Morgan fingerprint density at radius 3 is 2.39 bits per heavy atom. The van der Waals surface area contributed by atoms with Gasteiger partial charge in [0.25, 0.3) is 0 Å². The van der Waals surface area contributed by atoms with Crippen molar-refractivity contribution in [1.29, 1.82) is 0 Å². The van der Waals surface area contributed by atoms with Gasteiger partial charge < -0.3 is 0 Å². The van der Waals surface area contributed by atoms with E-state index in [1.165, 1.54) is 37.8 Å². The largest absolute Gasteiger partial charge is 0.417 e. The second kappa shape index (κ2) is 7.45. The van der Waals surface area contributed by atoms with Gasteiger partial charge in [0.2, 0.25) is 0 Å². The van der Waals surface area contributed by atoms with Gasteiger partial charge in [0.15, 0.2) is 0 Å². The molecule has 1 aromatic rings. The summed E-state index contributed by atoms with van der Waals surface area (Å²) in [6.45, 7) is 2.17. The molecule has 0 nitrogen and oxygen atoms in total. The Labute approximate surface area is 107 Å². The lowest BCUT2D eigenvalue weighted by Gasteiger charge is -2.08. The van der Waals surface area contributed by atoms with Crippen LogP contribution >= 0.6 is 0 Å². The minimum atomic E-state index is -4.28. The second-order valence-corrected chi connectivity index (χ2v) is 4.63. The zero-order chi connectivity index (χ0) is 13.4. The molecule has 18 heavy (non-hydrogen) atoms. The lowest BCUT2D eigenvalue weighted by Crippen LogP contribution is -2.05. The quantitative estimate of drug-likeness (QED) is 0.573. The third kappa shape index (κ3) is 5.56. The number of benzene rings is 1. The highest BCUT2D eigenvalue weighted by molar-refractivity contribution is 5.24. The number of aryl methyl sites for hydroxylation is 1. The summed E-state index contributed by atoms with van der Waals surface area (Å²) >= 11 is 0. The molecule has 0 aliphatic heterocycles. The van der Waals surface area contributed by atoms with Gasteiger partial charge in [-0.25, -0.2) is 0 Å². The molecule has 0 saturated heterocycles. The zero-order valence-electron chi connectivity index (χ0n) is 10.8. The summed E-state index contributed by atoms with van der Waals surface area (Å²) in [7, 11) is 0. The summed E-state index contributed by atoms with van der Waals surface area (Å²) in [4.78, 5) is 0. The summed E-state index contributed by atoms with van der Waals surface area (Å²) in [6, 6.07) is 6.55. The Bertz CT molecular complexity index is 342. The number of hydrogen-bond acceptors (Lipinski definition) is 0. The Morgan fingerprint density at radius 2 is 1.72 bits per heavy atom. The van der Waals surface area contributed by atoms with E-state index in [2.05, 4.69) is 13.0 Å². The predicted octanol–water partition coefficient (Wildman–Crippen LogP) is 5.41. The molecule has 0 saturated carbocycles. The molecule has 0 amide bonds. The van der Waals surface area contributed by atoms with Gasteiger partial charge in [0.05, 0.1) is 5.56 Å². The van der Waals surface area contributed by atoms with Crippen molar-refractivity contribution in [3.05, 3.63) is 35.4 Å². The minimum Gasteiger partial charge on any atom is -0.166 e. The van der Waals surface area contributed by atoms with Crippen molar-refractivity contribution in [3.63, 3.8) is 0 Å². The maximum absolute atomic E-state index is 12.5. The van der Waals surface area contributed by atoms with Gasteiger partial charge >= 0.3 is 6.18 Å². The first-order valence-electron chi connectivity index (χ1n) is 6.62. The van der Waals surface area contributed by atoms with E-state index >= 15 is 0 Å². The summed E-state index contributed by atoms with van der Waals surface area (Å²) < 4.78 is 37.4. The van der Waals surface area contributed by atoms with Gasteiger partial charge in [0.1, 0.15) is 0 Å². The Morgan fingerprint density at radius 1 is 1.06 bits per heavy atom. The molecule has 0 spiro atoms. The lowest BCUT2D eigenvalue weighted by molar-refractivity contribution is -0.137. The Hall–Kier alpha value is -0.990. The van der Waals surface area contributed by atoms with E-state index in [1.807, 2.05) is 0 Å². The van der Waals surface area contributed by atoms with Crippen LogP contribution in [0.3, 0.4) is 0 Å². The average molecular weight is 257 g/mol. The molecule has 1 aromatic carbocycles. The van der Waals surface area contributed by atoms with E-state index in [-0.39, 0.29) is 0 Å². The van der Waals surface area contributed by atoms with Crippen LogP contribution in [-0.4, -0.2) is 0 Å². The molecule has 0 bridgehead atoms. The van der Waals surface area contributed by atoms with E-state index < -0.39 is 11.7 Å². The van der Waals surface area contributed by atoms with E-state index in [0.717, 1.165) is 24.8 Å². The fraction of sp³-hybridized carbons (Fsp3) is 0.600. The molecule has 0 atom stereocenters. The number of halogens is 3. The van der Waals surface area contributed by atoms with Gasteiger partial charge in [-0.2, -0.15) is 13.2 Å². The SMILES string of the molecule is CCCCCCCCc1cc[c]c(C(F)(F)F)c1. The predicted molar refractivity (Wildman–Crippen MR) is 67.4 cm³/mol. The molecule has 3 heteroatoms. The van der Waals surface area contributed by atoms with Crippen molar-refractivity contribution in [3.8, 4) is 0 Å².